The smallest absolute Gasteiger partial charge is 0.255 e. The lowest BCUT2D eigenvalue weighted by molar-refractivity contribution is -0.116. The third-order valence-electron chi connectivity index (χ3n) is 5.14. The van der Waals surface area contributed by atoms with Crippen LogP contribution < -0.4 is 20.7 Å². The molecule has 0 aliphatic heterocycles. The molecule has 3 aromatic rings. The van der Waals surface area contributed by atoms with Gasteiger partial charge in [-0.3, -0.25) is 9.59 Å². The van der Waals surface area contributed by atoms with E-state index in [-0.39, 0.29) is 11.8 Å². The summed E-state index contributed by atoms with van der Waals surface area (Å²) >= 11 is 0. The van der Waals surface area contributed by atoms with Gasteiger partial charge in [0.05, 0.1) is 12.8 Å². The quantitative estimate of drug-likeness (QED) is 0.505. The van der Waals surface area contributed by atoms with E-state index < -0.39 is 6.04 Å². The highest BCUT2D eigenvalue weighted by Crippen LogP contribution is 2.24. The summed E-state index contributed by atoms with van der Waals surface area (Å²) in [6, 6.07) is 19.5. The van der Waals surface area contributed by atoms with Crippen molar-refractivity contribution in [3.63, 3.8) is 0 Å². The van der Waals surface area contributed by atoms with Crippen molar-refractivity contribution in [3.05, 3.63) is 83.4 Å². The molecular formula is C25H27N3O3. The molecule has 0 fully saturated rings. The predicted molar refractivity (Wildman–Crippen MR) is 125 cm³/mol. The highest BCUT2D eigenvalue weighted by Gasteiger charge is 2.15. The number of anilines is 3. The van der Waals surface area contributed by atoms with Gasteiger partial charge in [-0.05, 0) is 74.4 Å². The molecule has 3 aromatic carbocycles. The summed E-state index contributed by atoms with van der Waals surface area (Å²) in [6.07, 6.45) is 0. The average molecular weight is 418 g/mol. The zero-order valence-corrected chi connectivity index (χ0v) is 18.2. The Labute approximate surface area is 182 Å². The van der Waals surface area contributed by atoms with E-state index in [0.29, 0.717) is 22.7 Å². The highest BCUT2D eigenvalue weighted by atomic mass is 16.5. The number of rotatable bonds is 7. The molecule has 0 spiro atoms. The molecule has 0 heterocycles. The molecule has 31 heavy (non-hydrogen) atoms. The van der Waals surface area contributed by atoms with Gasteiger partial charge < -0.3 is 20.7 Å². The van der Waals surface area contributed by atoms with E-state index in [9.17, 15) is 9.59 Å². The summed E-state index contributed by atoms with van der Waals surface area (Å²) in [6.45, 7) is 5.88. The minimum absolute atomic E-state index is 0.160. The summed E-state index contributed by atoms with van der Waals surface area (Å²) < 4.78 is 5.26. The molecule has 0 aromatic heterocycles. The lowest BCUT2D eigenvalue weighted by Crippen LogP contribution is -2.32. The van der Waals surface area contributed by atoms with Crippen molar-refractivity contribution in [3.8, 4) is 5.75 Å². The van der Waals surface area contributed by atoms with Crippen LogP contribution >= 0.6 is 0 Å². The monoisotopic (exact) mass is 417 g/mol. The van der Waals surface area contributed by atoms with Gasteiger partial charge in [-0.2, -0.15) is 0 Å². The number of benzene rings is 3. The van der Waals surface area contributed by atoms with Crippen LogP contribution in [0.15, 0.2) is 66.7 Å². The molecule has 1 atom stereocenters. The SMILES string of the molecule is COc1ccccc1NC(=O)c1ccc(NC(=O)C(C)Nc2cccc(C)c2C)cc1. The molecule has 0 aliphatic rings. The van der Waals surface area contributed by atoms with Gasteiger partial charge in [0.25, 0.3) is 5.91 Å². The number of carbonyl (C=O) groups is 2. The van der Waals surface area contributed by atoms with Crippen LogP contribution in [0.1, 0.15) is 28.4 Å². The first kappa shape index (κ1) is 21.9. The fourth-order valence-corrected chi connectivity index (χ4v) is 3.10. The molecule has 0 radical (unpaired) electrons. The Morgan fingerprint density at radius 1 is 0.839 bits per heavy atom. The summed E-state index contributed by atoms with van der Waals surface area (Å²) in [5, 5.41) is 8.96. The van der Waals surface area contributed by atoms with Crippen LogP contribution in [0.2, 0.25) is 0 Å². The van der Waals surface area contributed by atoms with Gasteiger partial charge in [-0.25, -0.2) is 0 Å². The Balaban J connectivity index is 1.61. The fraction of sp³-hybridized carbons (Fsp3) is 0.200. The minimum atomic E-state index is -0.422. The van der Waals surface area contributed by atoms with Gasteiger partial charge in [-0.15, -0.1) is 0 Å². The van der Waals surface area contributed by atoms with Crippen molar-refractivity contribution >= 4 is 28.9 Å². The number of para-hydroxylation sites is 2. The van der Waals surface area contributed by atoms with E-state index in [1.54, 1.807) is 43.5 Å². The van der Waals surface area contributed by atoms with Crippen molar-refractivity contribution in [2.75, 3.05) is 23.1 Å². The maximum Gasteiger partial charge on any atom is 0.255 e. The summed E-state index contributed by atoms with van der Waals surface area (Å²) in [5.74, 6) is 0.171. The zero-order chi connectivity index (χ0) is 22.4. The topological polar surface area (TPSA) is 79.5 Å². The van der Waals surface area contributed by atoms with Crippen LogP contribution in [0.4, 0.5) is 17.1 Å². The molecule has 160 valence electrons. The largest absolute Gasteiger partial charge is 0.495 e. The Morgan fingerprint density at radius 2 is 1.52 bits per heavy atom. The van der Waals surface area contributed by atoms with Crippen LogP contribution in [0.25, 0.3) is 0 Å². The van der Waals surface area contributed by atoms with E-state index >= 15 is 0 Å². The molecule has 0 saturated heterocycles. The lowest BCUT2D eigenvalue weighted by Gasteiger charge is -2.18. The zero-order valence-electron chi connectivity index (χ0n) is 18.2. The first-order chi connectivity index (χ1) is 14.9. The Hall–Kier alpha value is -3.80. The van der Waals surface area contributed by atoms with Crippen LogP contribution in [-0.2, 0) is 4.79 Å². The van der Waals surface area contributed by atoms with Crippen molar-refractivity contribution in [1.29, 1.82) is 0 Å². The van der Waals surface area contributed by atoms with Crippen LogP contribution in [-0.4, -0.2) is 25.0 Å². The number of hydrogen-bond donors (Lipinski definition) is 3. The Kier molecular flexibility index (Phi) is 6.92. The Morgan fingerprint density at radius 3 is 2.23 bits per heavy atom. The van der Waals surface area contributed by atoms with Gasteiger partial charge in [0.1, 0.15) is 11.8 Å². The number of hydrogen-bond acceptors (Lipinski definition) is 4. The standard InChI is InChI=1S/C25H27N3O3/c1-16-8-7-10-21(17(16)2)26-18(3)24(29)27-20-14-12-19(13-15-20)25(30)28-22-9-5-6-11-23(22)31-4/h5-15,18,26H,1-4H3,(H,27,29)(H,28,30). The summed E-state index contributed by atoms with van der Waals surface area (Å²) in [7, 11) is 1.55. The van der Waals surface area contributed by atoms with Crippen molar-refractivity contribution in [2.24, 2.45) is 0 Å². The molecule has 0 saturated carbocycles. The third kappa shape index (κ3) is 5.42. The van der Waals surface area contributed by atoms with E-state index in [0.717, 1.165) is 11.3 Å². The third-order valence-corrected chi connectivity index (χ3v) is 5.14. The molecule has 3 N–H and O–H groups in total. The van der Waals surface area contributed by atoms with Gasteiger partial charge >= 0.3 is 0 Å². The van der Waals surface area contributed by atoms with E-state index in [2.05, 4.69) is 16.0 Å². The molecule has 0 aliphatic carbocycles. The molecule has 2 amide bonds. The highest BCUT2D eigenvalue weighted by molar-refractivity contribution is 6.05. The van der Waals surface area contributed by atoms with Crippen molar-refractivity contribution in [1.82, 2.24) is 0 Å². The maximum atomic E-state index is 12.6. The molecule has 3 rings (SSSR count). The average Bonchev–Trinajstić information content (AvgIpc) is 2.77. The number of carbonyl (C=O) groups excluding carboxylic acids is 2. The van der Waals surface area contributed by atoms with Crippen LogP contribution in [0.5, 0.6) is 5.75 Å². The second kappa shape index (κ2) is 9.80. The van der Waals surface area contributed by atoms with E-state index in [1.807, 2.05) is 51.1 Å². The van der Waals surface area contributed by atoms with Crippen LogP contribution in [0.3, 0.4) is 0 Å². The maximum absolute atomic E-state index is 12.6. The normalized spacial score (nSPS) is 11.4. The molecule has 0 bridgehead atoms. The lowest BCUT2D eigenvalue weighted by atomic mass is 10.1. The predicted octanol–water partition coefficient (Wildman–Crippen LogP) is 5.00. The molecule has 1 unspecified atom stereocenters. The molecule has 6 heteroatoms. The van der Waals surface area contributed by atoms with Gasteiger partial charge in [0.2, 0.25) is 5.91 Å². The first-order valence-electron chi connectivity index (χ1n) is 10.1. The Bertz CT molecular complexity index is 1080. The van der Waals surface area contributed by atoms with Crippen LogP contribution in [0, 0.1) is 13.8 Å². The van der Waals surface area contributed by atoms with Gasteiger partial charge in [0.15, 0.2) is 0 Å². The second-order valence-corrected chi connectivity index (χ2v) is 7.33. The van der Waals surface area contributed by atoms with Gasteiger partial charge in [-0.1, -0.05) is 24.3 Å². The number of amides is 2. The molecular weight excluding hydrogens is 390 g/mol. The number of nitrogens with one attached hydrogen (secondary N) is 3. The second-order valence-electron chi connectivity index (χ2n) is 7.33. The molecule has 6 nitrogen and oxygen atoms in total. The summed E-state index contributed by atoms with van der Waals surface area (Å²) in [5.41, 5.74) is 4.91. The van der Waals surface area contributed by atoms with Crippen molar-refractivity contribution < 1.29 is 14.3 Å². The number of aryl methyl sites for hydroxylation is 1. The van der Waals surface area contributed by atoms with Gasteiger partial charge in [0, 0.05) is 16.9 Å². The van der Waals surface area contributed by atoms with E-state index in [1.165, 1.54) is 5.56 Å². The van der Waals surface area contributed by atoms with E-state index in [4.69, 9.17) is 4.74 Å². The summed E-state index contributed by atoms with van der Waals surface area (Å²) in [4.78, 5) is 25.1. The fourth-order valence-electron chi connectivity index (χ4n) is 3.10. The number of methoxy groups -OCH3 is 1. The number of ether oxygens (including phenoxy) is 1. The first-order valence-corrected chi connectivity index (χ1v) is 10.1. The van der Waals surface area contributed by atoms with Crippen molar-refractivity contribution in [2.45, 2.75) is 26.8 Å². The minimum Gasteiger partial charge on any atom is -0.495 e.